The molecule has 132 valence electrons. The van der Waals surface area contributed by atoms with Crippen molar-refractivity contribution in [3.63, 3.8) is 0 Å². The molecule has 4 nitrogen and oxygen atoms in total. The Morgan fingerprint density at radius 2 is 2.08 bits per heavy atom. The van der Waals surface area contributed by atoms with Gasteiger partial charge in [-0.25, -0.2) is 0 Å². The van der Waals surface area contributed by atoms with Crippen molar-refractivity contribution in [3.8, 4) is 5.75 Å². The van der Waals surface area contributed by atoms with E-state index in [1.807, 2.05) is 18.2 Å². The van der Waals surface area contributed by atoms with Crippen LogP contribution in [0.4, 0.5) is 0 Å². The average molecular weight is 338 g/mol. The molecule has 0 aliphatic carbocycles. The van der Waals surface area contributed by atoms with E-state index >= 15 is 0 Å². The number of methoxy groups -OCH3 is 1. The quantitative estimate of drug-likeness (QED) is 0.879. The molecule has 1 saturated heterocycles. The molecular weight excluding hydrogens is 312 g/mol. The van der Waals surface area contributed by atoms with Crippen LogP contribution in [0, 0.1) is 6.92 Å². The number of carbonyl (C=O) groups is 1. The summed E-state index contributed by atoms with van der Waals surface area (Å²) in [5, 5.41) is 3.01. The van der Waals surface area contributed by atoms with Crippen LogP contribution in [0.25, 0.3) is 0 Å². The Morgan fingerprint density at radius 3 is 2.88 bits per heavy atom. The average Bonchev–Trinajstić information content (AvgIpc) is 3.10. The summed E-state index contributed by atoms with van der Waals surface area (Å²) in [6.07, 6.45) is 1.19. The predicted molar refractivity (Wildman–Crippen MR) is 100 cm³/mol. The van der Waals surface area contributed by atoms with Crippen molar-refractivity contribution in [3.05, 3.63) is 65.2 Å². The van der Waals surface area contributed by atoms with Crippen molar-refractivity contribution in [2.45, 2.75) is 19.3 Å². The Kier molecular flexibility index (Phi) is 5.71. The minimum absolute atomic E-state index is 0.0476. The van der Waals surface area contributed by atoms with E-state index in [0.717, 1.165) is 19.6 Å². The third-order valence-corrected chi connectivity index (χ3v) is 4.95. The summed E-state index contributed by atoms with van der Waals surface area (Å²) in [5.41, 5.74) is 3.48. The van der Waals surface area contributed by atoms with E-state index in [0.29, 0.717) is 23.8 Å². The van der Waals surface area contributed by atoms with Gasteiger partial charge in [0.2, 0.25) is 0 Å². The van der Waals surface area contributed by atoms with Crippen LogP contribution in [0.2, 0.25) is 0 Å². The lowest BCUT2D eigenvalue weighted by Gasteiger charge is -2.17. The van der Waals surface area contributed by atoms with Crippen LogP contribution in [0.15, 0.2) is 48.5 Å². The van der Waals surface area contributed by atoms with E-state index in [4.69, 9.17) is 4.74 Å². The Morgan fingerprint density at radius 1 is 1.24 bits per heavy atom. The van der Waals surface area contributed by atoms with Crippen LogP contribution in [0.5, 0.6) is 5.75 Å². The highest BCUT2D eigenvalue weighted by Crippen LogP contribution is 2.28. The molecule has 1 aliphatic heterocycles. The largest absolute Gasteiger partial charge is 0.497 e. The fourth-order valence-electron chi connectivity index (χ4n) is 3.53. The normalized spacial score (nSPS) is 17.4. The first-order chi connectivity index (χ1) is 12.2. The smallest absolute Gasteiger partial charge is 0.251 e. The maximum Gasteiger partial charge on any atom is 0.251 e. The number of hydrogen-bond acceptors (Lipinski definition) is 3. The fraction of sp³-hybridized carbons (Fsp3) is 0.381. The van der Waals surface area contributed by atoms with Crippen LogP contribution in [0.3, 0.4) is 0 Å². The standard InChI is InChI=1S/C21H26N2O2/c1-16-6-3-4-9-20(16)18-10-12-23(15-18)13-11-22-21(24)17-7-5-8-19(14-17)25-2/h3-9,14,18H,10-13,15H2,1-2H3,(H,22,24). The van der Waals surface area contributed by atoms with Crippen LogP contribution in [-0.2, 0) is 0 Å². The summed E-state index contributed by atoms with van der Waals surface area (Å²) in [6.45, 7) is 5.90. The number of ether oxygens (including phenoxy) is 1. The Labute approximate surface area is 149 Å². The van der Waals surface area contributed by atoms with Gasteiger partial charge in [-0.2, -0.15) is 0 Å². The second-order valence-corrected chi connectivity index (χ2v) is 6.63. The highest BCUT2D eigenvalue weighted by molar-refractivity contribution is 5.94. The maximum atomic E-state index is 12.2. The number of amides is 1. The van der Waals surface area contributed by atoms with Crippen molar-refractivity contribution in [1.29, 1.82) is 0 Å². The van der Waals surface area contributed by atoms with Crippen molar-refractivity contribution in [1.82, 2.24) is 10.2 Å². The third-order valence-electron chi connectivity index (χ3n) is 4.95. The molecule has 0 spiro atoms. The summed E-state index contributed by atoms with van der Waals surface area (Å²) in [7, 11) is 1.61. The zero-order valence-corrected chi connectivity index (χ0v) is 15.0. The summed E-state index contributed by atoms with van der Waals surface area (Å²) in [5.74, 6) is 1.26. The lowest BCUT2D eigenvalue weighted by molar-refractivity contribution is 0.0949. The van der Waals surface area contributed by atoms with Gasteiger partial charge in [0.05, 0.1) is 7.11 Å². The molecule has 1 heterocycles. The van der Waals surface area contributed by atoms with E-state index in [1.165, 1.54) is 17.5 Å². The van der Waals surface area contributed by atoms with Gasteiger partial charge in [-0.15, -0.1) is 0 Å². The first-order valence-electron chi connectivity index (χ1n) is 8.87. The van der Waals surface area contributed by atoms with Gasteiger partial charge in [0.1, 0.15) is 5.75 Å². The minimum Gasteiger partial charge on any atom is -0.497 e. The zero-order chi connectivity index (χ0) is 17.6. The summed E-state index contributed by atoms with van der Waals surface area (Å²) >= 11 is 0. The van der Waals surface area contributed by atoms with Crippen molar-refractivity contribution in [2.75, 3.05) is 33.3 Å². The maximum absolute atomic E-state index is 12.2. The number of benzene rings is 2. The van der Waals surface area contributed by atoms with Crippen molar-refractivity contribution >= 4 is 5.91 Å². The molecule has 0 bridgehead atoms. The minimum atomic E-state index is -0.0476. The molecule has 1 unspecified atom stereocenters. The summed E-state index contributed by atoms with van der Waals surface area (Å²) in [4.78, 5) is 14.7. The first-order valence-corrected chi connectivity index (χ1v) is 8.87. The van der Waals surface area contributed by atoms with Gasteiger partial charge >= 0.3 is 0 Å². The van der Waals surface area contributed by atoms with E-state index in [-0.39, 0.29) is 5.91 Å². The fourth-order valence-corrected chi connectivity index (χ4v) is 3.53. The third kappa shape index (κ3) is 4.40. The molecule has 1 aliphatic rings. The SMILES string of the molecule is COc1cccc(C(=O)NCCN2CCC(c3ccccc3C)C2)c1. The van der Waals surface area contributed by atoms with Gasteiger partial charge in [-0.05, 0) is 55.1 Å². The predicted octanol–water partition coefficient (Wildman–Crippen LogP) is 3.22. The number of carbonyl (C=O) groups excluding carboxylic acids is 1. The van der Waals surface area contributed by atoms with Crippen LogP contribution in [0.1, 0.15) is 33.8 Å². The van der Waals surface area contributed by atoms with Gasteiger partial charge in [0.15, 0.2) is 0 Å². The Hall–Kier alpha value is -2.33. The number of nitrogens with zero attached hydrogens (tertiary/aromatic N) is 1. The number of nitrogens with one attached hydrogen (secondary N) is 1. The van der Waals surface area contributed by atoms with E-state index in [1.54, 1.807) is 13.2 Å². The molecule has 2 aromatic carbocycles. The van der Waals surface area contributed by atoms with Gasteiger partial charge in [-0.1, -0.05) is 30.3 Å². The molecule has 25 heavy (non-hydrogen) atoms. The van der Waals surface area contributed by atoms with E-state index in [2.05, 4.69) is 41.4 Å². The topological polar surface area (TPSA) is 41.6 Å². The molecule has 0 saturated carbocycles. The number of hydrogen-bond donors (Lipinski definition) is 1. The highest BCUT2D eigenvalue weighted by atomic mass is 16.5. The summed E-state index contributed by atoms with van der Waals surface area (Å²) in [6, 6.07) is 15.9. The van der Waals surface area contributed by atoms with E-state index < -0.39 is 0 Å². The molecule has 1 atom stereocenters. The van der Waals surface area contributed by atoms with Gasteiger partial charge in [0, 0.05) is 25.2 Å². The molecule has 1 N–H and O–H groups in total. The molecule has 1 fully saturated rings. The lowest BCUT2D eigenvalue weighted by Crippen LogP contribution is -2.33. The van der Waals surface area contributed by atoms with Crippen LogP contribution >= 0.6 is 0 Å². The second kappa shape index (κ2) is 8.17. The number of aryl methyl sites for hydroxylation is 1. The Balaban J connectivity index is 1.47. The monoisotopic (exact) mass is 338 g/mol. The number of likely N-dealkylation sites (tertiary alicyclic amines) is 1. The Bertz CT molecular complexity index is 729. The molecule has 4 heteroatoms. The molecule has 0 radical (unpaired) electrons. The van der Waals surface area contributed by atoms with Gasteiger partial charge in [0.25, 0.3) is 5.91 Å². The molecule has 0 aromatic heterocycles. The van der Waals surface area contributed by atoms with Crippen molar-refractivity contribution < 1.29 is 9.53 Å². The van der Waals surface area contributed by atoms with Gasteiger partial charge in [-0.3, -0.25) is 4.79 Å². The first kappa shape index (κ1) is 17.5. The molecule has 3 rings (SSSR count). The van der Waals surface area contributed by atoms with Crippen LogP contribution in [-0.4, -0.2) is 44.1 Å². The number of rotatable bonds is 6. The second-order valence-electron chi connectivity index (χ2n) is 6.63. The molecular formula is C21H26N2O2. The molecule has 2 aromatic rings. The van der Waals surface area contributed by atoms with E-state index in [9.17, 15) is 4.79 Å². The van der Waals surface area contributed by atoms with Gasteiger partial charge < -0.3 is 15.0 Å². The lowest BCUT2D eigenvalue weighted by atomic mass is 9.94. The molecule has 1 amide bonds. The van der Waals surface area contributed by atoms with Crippen molar-refractivity contribution in [2.24, 2.45) is 0 Å². The zero-order valence-electron chi connectivity index (χ0n) is 15.0. The summed E-state index contributed by atoms with van der Waals surface area (Å²) < 4.78 is 5.17. The highest BCUT2D eigenvalue weighted by Gasteiger charge is 2.24. The van der Waals surface area contributed by atoms with Crippen LogP contribution < -0.4 is 10.1 Å².